The van der Waals surface area contributed by atoms with Crippen molar-refractivity contribution >= 4 is 27.5 Å². The Morgan fingerprint density at radius 3 is 2.85 bits per heavy atom. The van der Waals surface area contributed by atoms with Crippen molar-refractivity contribution in [3.63, 3.8) is 0 Å². The molecule has 0 radical (unpaired) electrons. The molecule has 2 aromatic heterocycles. The predicted molar refractivity (Wildman–Crippen MR) is 103 cm³/mol. The van der Waals surface area contributed by atoms with E-state index in [0.717, 1.165) is 36.1 Å². The number of benzene rings is 1. The molecule has 7 heteroatoms. The van der Waals surface area contributed by atoms with Crippen molar-refractivity contribution in [3.8, 4) is 5.75 Å². The van der Waals surface area contributed by atoms with E-state index in [1.165, 1.54) is 4.88 Å². The van der Waals surface area contributed by atoms with E-state index in [1.54, 1.807) is 11.3 Å². The third-order valence-electron chi connectivity index (χ3n) is 4.56. The maximum absolute atomic E-state index is 12.5. The summed E-state index contributed by atoms with van der Waals surface area (Å²) in [5.41, 5.74) is 1.01. The first-order valence-electron chi connectivity index (χ1n) is 9.07. The molecule has 140 valence electrons. The zero-order chi connectivity index (χ0) is 18.6. The van der Waals surface area contributed by atoms with Crippen molar-refractivity contribution in [2.75, 3.05) is 6.61 Å². The molecule has 0 saturated carbocycles. The number of aromatic nitrogens is 2. The number of esters is 1. The minimum Gasteiger partial charge on any atom is -0.493 e. The van der Waals surface area contributed by atoms with Crippen LogP contribution in [0, 0.1) is 0 Å². The lowest BCUT2D eigenvalue weighted by Crippen LogP contribution is -2.16. The Morgan fingerprint density at radius 1 is 1.19 bits per heavy atom. The second-order valence-electron chi connectivity index (χ2n) is 6.48. The number of hydrogen-bond donors (Lipinski definition) is 1. The Hall–Kier alpha value is -2.67. The lowest BCUT2D eigenvalue weighted by atomic mass is 9.97. The number of aromatic amines is 1. The van der Waals surface area contributed by atoms with Gasteiger partial charge in [-0.1, -0.05) is 18.2 Å². The van der Waals surface area contributed by atoms with Crippen LogP contribution >= 0.6 is 11.3 Å². The van der Waals surface area contributed by atoms with E-state index in [0.29, 0.717) is 17.0 Å². The quantitative estimate of drug-likeness (QED) is 0.659. The lowest BCUT2D eigenvalue weighted by Gasteiger charge is -2.09. The Bertz CT molecular complexity index is 1010. The molecule has 1 aromatic carbocycles. The molecule has 0 amide bonds. The summed E-state index contributed by atoms with van der Waals surface area (Å²) in [5.74, 6) is 0.700. The van der Waals surface area contributed by atoms with Gasteiger partial charge in [-0.15, -0.1) is 11.3 Å². The molecule has 2 heterocycles. The first-order chi connectivity index (χ1) is 13.2. The van der Waals surface area contributed by atoms with Crippen LogP contribution in [0.4, 0.5) is 0 Å². The van der Waals surface area contributed by atoms with Crippen LogP contribution in [0.25, 0.3) is 10.2 Å². The number of carbonyl (C=O) groups excluding carboxylic acids is 1. The Morgan fingerprint density at radius 2 is 2.00 bits per heavy atom. The highest BCUT2D eigenvalue weighted by Gasteiger charge is 2.20. The number of aryl methyl sites for hydroxylation is 2. The number of fused-ring (bicyclic) bond motifs is 3. The number of para-hydroxylation sites is 1. The summed E-state index contributed by atoms with van der Waals surface area (Å²) >= 11 is 1.58. The van der Waals surface area contributed by atoms with Crippen LogP contribution in [0.1, 0.15) is 35.5 Å². The fraction of sp³-hybridized carbons (Fsp3) is 0.350. The second-order valence-corrected chi connectivity index (χ2v) is 7.56. The molecule has 4 rings (SSSR count). The van der Waals surface area contributed by atoms with E-state index < -0.39 is 0 Å². The summed E-state index contributed by atoms with van der Waals surface area (Å²) in [5, 5.41) is 0.709. The zero-order valence-electron chi connectivity index (χ0n) is 14.8. The van der Waals surface area contributed by atoms with Crippen LogP contribution in [0.15, 0.2) is 35.1 Å². The van der Waals surface area contributed by atoms with E-state index in [4.69, 9.17) is 9.47 Å². The van der Waals surface area contributed by atoms with Crippen molar-refractivity contribution in [2.24, 2.45) is 0 Å². The van der Waals surface area contributed by atoms with Crippen molar-refractivity contribution in [2.45, 2.75) is 38.7 Å². The van der Waals surface area contributed by atoms with Gasteiger partial charge in [0.05, 0.1) is 18.4 Å². The molecule has 1 aliphatic carbocycles. The van der Waals surface area contributed by atoms with Crippen LogP contribution < -0.4 is 10.3 Å². The number of H-pyrrole nitrogens is 1. The van der Waals surface area contributed by atoms with E-state index in [1.807, 2.05) is 30.3 Å². The van der Waals surface area contributed by atoms with E-state index >= 15 is 0 Å². The number of thiophene rings is 1. The van der Waals surface area contributed by atoms with Gasteiger partial charge >= 0.3 is 5.97 Å². The molecule has 1 aliphatic rings. The van der Waals surface area contributed by atoms with Gasteiger partial charge in [0.25, 0.3) is 5.56 Å². The molecule has 27 heavy (non-hydrogen) atoms. The average Bonchev–Trinajstić information content (AvgIpc) is 3.06. The number of carbonyl (C=O) groups is 1. The van der Waals surface area contributed by atoms with Gasteiger partial charge in [0.15, 0.2) is 0 Å². The topological polar surface area (TPSA) is 81.3 Å². The van der Waals surface area contributed by atoms with Crippen molar-refractivity contribution in [1.82, 2.24) is 9.97 Å². The monoisotopic (exact) mass is 384 g/mol. The van der Waals surface area contributed by atoms with Gasteiger partial charge in [-0.25, -0.2) is 4.98 Å². The highest BCUT2D eigenvalue weighted by Crippen LogP contribution is 2.33. The number of rotatable bonds is 6. The molecule has 3 aromatic rings. The molecule has 0 unspecified atom stereocenters. The van der Waals surface area contributed by atoms with Crippen LogP contribution in [0.2, 0.25) is 0 Å². The van der Waals surface area contributed by atoms with Crippen molar-refractivity contribution in [3.05, 3.63) is 57.0 Å². The minimum absolute atomic E-state index is 0.0437. The molecule has 0 saturated heterocycles. The molecule has 0 fully saturated rings. The van der Waals surface area contributed by atoms with Gasteiger partial charge in [-0.3, -0.25) is 9.59 Å². The third kappa shape index (κ3) is 4.03. The summed E-state index contributed by atoms with van der Waals surface area (Å²) in [6.07, 6.45) is 4.36. The van der Waals surface area contributed by atoms with E-state index in [2.05, 4.69) is 9.97 Å². The standard InChI is InChI=1S/C20H20N2O4S/c23-17(10-11-25-13-6-2-1-3-7-13)26-12-16-21-19(24)18-14-8-4-5-9-15(14)27-20(18)22-16/h1-3,6-7H,4-5,8-12H2,(H,21,22,24). The Kier molecular flexibility index (Phi) is 5.20. The maximum atomic E-state index is 12.5. The van der Waals surface area contributed by atoms with Crippen LogP contribution in [0.5, 0.6) is 5.75 Å². The normalized spacial score (nSPS) is 13.3. The molecule has 0 aliphatic heterocycles. The number of hydrogen-bond acceptors (Lipinski definition) is 6. The van der Waals surface area contributed by atoms with Gasteiger partial charge in [-0.2, -0.15) is 0 Å². The Labute approximate surface area is 160 Å². The second kappa shape index (κ2) is 7.92. The molecule has 0 atom stereocenters. The highest BCUT2D eigenvalue weighted by molar-refractivity contribution is 7.18. The van der Waals surface area contributed by atoms with Gasteiger partial charge in [0.1, 0.15) is 23.0 Å². The molecule has 0 spiro atoms. The molecule has 1 N–H and O–H groups in total. The molecule has 6 nitrogen and oxygen atoms in total. The van der Waals surface area contributed by atoms with Gasteiger partial charge in [-0.05, 0) is 43.4 Å². The smallest absolute Gasteiger partial charge is 0.309 e. The lowest BCUT2D eigenvalue weighted by molar-refractivity contribution is -0.145. The molecule has 0 bridgehead atoms. The van der Waals surface area contributed by atoms with Crippen molar-refractivity contribution in [1.29, 1.82) is 0 Å². The van der Waals surface area contributed by atoms with Gasteiger partial charge < -0.3 is 14.5 Å². The summed E-state index contributed by atoms with van der Waals surface area (Å²) in [6, 6.07) is 9.30. The highest BCUT2D eigenvalue weighted by atomic mass is 32.1. The van der Waals surface area contributed by atoms with Crippen LogP contribution in [-0.4, -0.2) is 22.5 Å². The number of nitrogens with one attached hydrogen (secondary N) is 1. The molecular weight excluding hydrogens is 364 g/mol. The van der Waals surface area contributed by atoms with E-state index in [-0.39, 0.29) is 31.2 Å². The number of nitrogens with zero attached hydrogens (tertiary/aromatic N) is 1. The van der Waals surface area contributed by atoms with E-state index in [9.17, 15) is 9.59 Å². The SMILES string of the molecule is O=C(CCOc1ccccc1)OCc1nc2sc3c(c2c(=O)[nH]1)CCCC3. The first-order valence-corrected chi connectivity index (χ1v) is 9.89. The fourth-order valence-electron chi connectivity index (χ4n) is 3.27. The minimum atomic E-state index is -0.390. The predicted octanol–water partition coefficient (Wildman–Crippen LogP) is 3.38. The third-order valence-corrected chi connectivity index (χ3v) is 5.75. The fourth-order valence-corrected chi connectivity index (χ4v) is 4.55. The summed E-state index contributed by atoms with van der Waals surface area (Å²) in [7, 11) is 0. The summed E-state index contributed by atoms with van der Waals surface area (Å²) < 4.78 is 10.7. The molecular formula is C20H20N2O4S. The zero-order valence-corrected chi connectivity index (χ0v) is 15.6. The average molecular weight is 384 g/mol. The Balaban J connectivity index is 1.36. The maximum Gasteiger partial charge on any atom is 0.309 e. The van der Waals surface area contributed by atoms with Crippen LogP contribution in [-0.2, 0) is 29.0 Å². The summed E-state index contributed by atoms with van der Waals surface area (Å²) in [6.45, 7) is 0.196. The number of ether oxygens (including phenoxy) is 2. The van der Waals surface area contributed by atoms with Gasteiger partial charge in [0.2, 0.25) is 0 Å². The summed E-state index contributed by atoms with van der Waals surface area (Å²) in [4.78, 5) is 33.6. The van der Waals surface area contributed by atoms with Crippen LogP contribution in [0.3, 0.4) is 0 Å². The first kappa shape index (κ1) is 17.7. The van der Waals surface area contributed by atoms with Crippen molar-refractivity contribution < 1.29 is 14.3 Å². The largest absolute Gasteiger partial charge is 0.493 e. The van der Waals surface area contributed by atoms with Gasteiger partial charge in [0, 0.05) is 4.88 Å².